The van der Waals surface area contributed by atoms with Gasteiger partial charge < -0.3 is 5.73 Å². The number of nitrogens with zero attached hydrogens (tertiary/aromatic N) is 3. The summed E-state index contributed by atoms with van der Waals surface area (Å²) in [7, 11) is 0. The molecule has 0 saturated carbocycles. The molecule has 120 valence electrons. The van der Waals surface area contributed by atoms with Crippen LogP contribution in [0.15, 0.2) is 75.4 Å². The molecule has 0 unspecified atom stereocenters. The van der Waals surface area contributed by atoms with Crippen LogP contribution in [0.5, 0.6) is 0 Å². The molecule has 1 atom stereocenters. The normalized spacial score (nSPS) is 18.5. The Bertz CT molecular complexity index is 1040. The Morgan fingerprint density at radius 3 is 2.40 bits per heavy atom. The lowest BCUT2D eigenvalue weighted by Gasteiger charge is -2.31. The number of rotatable bonds is 1. The van der Waals surface area contributed by atoms with Gasteiger partial charge in [-0.3, -0.25) is 4.90 Å². The van der Waals surface area contributed by atoms with Gasteiger partial charge in [-0.05, 0) is 18.2 Å². The Balaban J connectivity index is 2.00. The second-order valence-electron chi connectivity index (χ2n) is 5.60. The van der Waals surface area contributed by atoms with Gasteiger partial charge in [0.2, 0.25) is 0 Å². The summed E-state index contributed by atoms with van der Waals surface area (Å²) >= 11 is 1.41. The van der Waals surface area contributed by atoms with Gasteiger partial charge in [0.05, 0.1) is 34.9 Å². The molecule has 0 aliphatic carbocycles. The molecule has 2 aromatic rings. The lowest BCUT2D eigenvalue weighted by atomic mass is 9.83. The number of halogens is 1. The smallest absolute Gasteiger partial charge is 0.127 e. The Labute approximate surface area is 148 Å². The number of hydrogen-bond donors (Lipinski definition) is 1. The van der Waals surface area contributed by atoms with Gasteiger partial charge in [-0.2, -0.15) is 10.5 Å². The van der Waals surface area contributed by atoms with Crippen molar-refractivity contribution < 1.29 is 4.39 Å². The van der Waals surface area contributed by atoms with Gasteiger partial charge in [-0.1, -0.05) is 42.1 Å². The molecule has 0 fully saturated rings. The first-order valence-corrected chi connectivity index (χ1v) is 8.34. The van der Waals surface area contributed by atoms with Crippen LogP contribution < -0.4 is 10.6 Å². The van der Waals surface area contributed by atoms with E-state index in [1.165, 1.54) is 17.8 Å². The highest BCUT2D eigenvalue weighted by Crippen LogP contribution is 2.54. The van der Waals surface area contributed by atoms with Crippen molar-refractivity contribution in [3.05, 3.63) is 81.9 Å². The Morgan fingerprint density at radius 1 is 1.00 bits per heavy atom. The monoisotopic (exact) mass is 346 g/mol. The van der Waals surface area contributed by atoms with Gasteiger partial charge in [-0.25, -0.2) is 4.39 Å². The van der Waals surface area contributed by atoms with Gasteiger partial charge in [-0.15, -0.1) is 0 Å². The zero-order valence-electron chi connectivity index (χ0n) is 12.9. The Morgan fingerprint density at radius 2 is 1.68 bits per heavy atom. The fraction of sp³-hybridized carbons (Fsp3) is 0.0526. The second kappa shape index (κ2) is 5.70. The third kappa shape index (κ3) is 2.12. The van der Waals surface area contributed by atoms with E-state index in [2.05, 4.69) is 12.1 Å². The maximum Gasteiger partial charge on any atom is 0.127 e. The number of anilines is 1. The van der Waals surface area contributed by atoms with Gasteiger partial charge in [0, 0.05) is 10.5 Å². The van der Waals surface area contributed by atoms with Crippen molar-refractivity contribution in [2.45, 2.75) is 10.8 Å². The van der Waals surface area contributed by atoms with Gasteiger partial charge in [0.15, 0.2) is 0 Å². The minimum atomic E-state index is -0.802. The number of benzene rings is 2. The zero-order valence-corrected chi connectivity index (χ0v) is 13.7. The van der Waals surface area contributed by atoms with Crippen molar-refractivity contribution in [2.75, 3.05) is 4.90 Å². The molecule has 0 amide bonds. The van der Waals surface area contributed by atoms with Crippen LogP contribution in [0.1, 0.15) is 11.5 Å². The van der Waals surface area contributed by atoms with E-state index in [1.54, 1.807) is 23.1 Å². The van der Waals surface area contributed by atoms with Crippen LogP contribution in [0, 0.1) is 28.5 Å². The maximum absolute atomic E-state index is 14.4. The molecule has 4 nitrogen and oxygen atoms in total. The molecule has 2 aliphatic rings. The van der Waals surface area contributed by atoms with E-state index in [9.17, 15) is 14.9 Å². The summed E-state index contributed by atoms with van der Waals surface area (Å²) in [6.07, 6.45) is 0. The minimum Gasteiger partial charge on any atom is -0.384 e. The predicted molar refractivity (Wildman–Crippen MR) is 93.4 cm³/mol. The molecular formula is C19H11FN4S. The zero-order chi connectivity index (χ0) is 17.6. The van der Waals surface area contributed by atoms with E-state index in [1.807, 2.05) is 24.3 Å². The number of nitriles is 2. The van der Waals surface area contributed by atoms with Crippen LogP contribution in [-0.4, -0.2) is 0 Å². The second-order valence-corrected chi connectivity index (χ2v) is 6.63. The summed E-state index contributed by atoms with van der Waals surface area (Å²) in [5, 5.41) is 20.1. The first kappa shape index (κ1) is 15.3. The summed E-state index contributed by atoms with van der Waals surface area (Å²) < 4.78 is 14.4. The Kier molecular flexibility index (Phi) is 3.49. The number of allylic oxidation sites excluding steroid dienone is 2. The number of fused-ring (bicyclic) bond motifs is 3. The number of thioether (sulfide) groups is 1. The van der Waals surface area contributed by atoms with Crippen LogP contribution in [0.3, 0.4) is 0 Å². The van der Waals surface area contributed by atoms with Crippen LogP contribution in [0.25, 0.3) is 0 Å². The van der Waals surface area contributed by atoms with Crippen LogP contribution in [0.2, 0.25) is 0 Å². The van der Waals surface area contributed by atoms with E-state index < -0.39 is 11.7 Å². The average molecular weight is 346 g/mol. The van der Waals surface area contributed by atoms with Crippen molar-refractivity contribution in [2.24, 2.45) is 5.73 Å². The van der Waals surface area contributed by atoms with Crippen molar-refractivity contribution in [1.29, 1.82) is 10.5 Å². The first-order valence-electron chi connectivity index (χ1n) is 7.52. The summed E-state index contributed by atoms with van der Waals surface area (Å²) in [4.78, 5) is 2.66. The lowest BCUT2D eigenvalue weighted by Crippen LogP contribution is -2.32. The highest BCUT2D eigenvalue weighted by Gasteiger charge is 2.41. The van der Waals surface area contributed by atoms with Gasteiger partial charge >= 0.3 is 0 Å². The molecule has 0 aromatic heterocycles. The molecule has 4 rings (SSSR count). The van der Waals surface area contributed by atoms with Gasteiger partial charge in [0.25, 0.3) is 0 Å². The van der Waals surface area contributed by atoms with Crippen molar-refractivity contribution in [3.8, 4) is 12.1 Å². The van der Waals surface area contributed by atoms with Crippen LogP contribution in [0.4, 0.5) is 10.1 Å². The molecule has 25 heavy (non-hydrogen) atoms. The van der Waals surface area contributed by atoms with Crippen LogP contribution >= 0.6 is 11.8 Å². The Hall–Kier alpha value is -3.22. The summed E-state index contributed by atoms with van der Waals surface area (Å²) in [6, 6.07) is 18.0. The van der Waals surface area contributed by atoms with Crippen LogP contribution in [-0.2, 0) is 0 Å². The fourth-order valence-corrected chi connectivity index (χ4v) is 4.37. The minimum absolute atomic E-state index is 0.183. The molecule has 0 saturated heterocycles. The van der Waals surface area contributed by atoms with Crippen molar-refractivity contribution in [1.82, 2.24) is 0 Å². The molecule has 2 aliphatic heterocycles. The highest BCUT2D eigenvalue weighted by atomic mass is 32.2. The molecule has 2 N–H and O–H groups in total. The molecule has 6 heteroatoms. The van der Waals surface area contributed by atoms with E-state index in [0.717, 1.165) is 10.6 Å². The standard InChI is InChI=1S/C19H11FN4S/c20-14-6-2-1-5-11(14)17-12(9-21)18(23)24-15-7-3-4-8-16(15)25-19(24)13(17)10-22/h1-8,17H,23H2/t17-/m1/s1. The largest absolute Gasteiger partial charge is 0.384 e. The molecule has 0 radical (unpaired) electrons. The quantitative estimate of drug-likeness (QED) is 0.845. The summed E-state index contributed by atoms with van der Waals surface area (Å²) in [6.45, 7) is 0. The molecule has 0 bridgehead atoms. The summed E-state index contributed by atoms with van der Waals surface area (Å²) in [5.41, 5.74) is 7.91. The highest BCUT2D eigenvalue weighted by molar-refractivity contribution is 8.03. The van der Waals surface area contributed by atoms with Crippen molar-refractivity contribution in [3.63, 3.8) is 0 Å². The predicted octanol–water partition coefficient (Wildman–Crippen LogP) is 3.96. The third-order valence-corrected chi connectivity index (χ3v) is 5.46. The third-order valence-electron chi connectivity index (χ3n) is 4.30. The maximum atomic E-state index is 14.4. The molecule has 0 spiro atoms. The van der Waals surface area contributed by atoms with E-state index in [-0.39, 0.29) is 17.0 Å². The SMILES string of the molecule is N#CC1=C(N)N2C(=C(C#N)[C@@H]1c1ccccc1F)Sc1ccccc12. The van der Waals surface area contributed by atoms with E-state index in [4.69, 9.17) is 5.73 Å². The molecular weight excluding hydrogens is 335 g/mol. The number of hydrogen-bond acceptors (Lipinski definition) is 5. The fourth-order valence-electron chi connectivity index (χ4n) is 3.19. The van der Waals surface area contributed by atoms with Gasteiger partial charge in [0.1, 0.15) is 16.7 Å². The topological polar surface area (TPSA) is 76.8 Å². The molecule has 2 heterocycles. The number of nitrogens with two attached hydrogens (primary N) is 1. The van der Waals surface area contributed by atoms with Crippen molar-refractivity contribution >= 4 is 17.4 Å². The lowest BCUT2D eigenvalue weighted by molar-refractivity contribution is 0.605. The number of para-hydroxylation sites is 1. The summed E-state index contributed by atoms with van der Waals surface area (Å²) in [5.74, 6) is -1.03. The first-order chi connectivity index (χ1) is 12.2. The average Bonchev–Trinajstić information content (AvgIpc) is 3.01. The van der Waals surface area contributed by atoms with E-state index >= 15 is 0 Å². The molecule has 2 aromatic carbocycles. The van der Waals surface area contributed by atoms with E-state index in [0.29, 0.717) is 10.6 Å².